The minimum atomic E-state index is -0.221. The topological polar surface area (TPSA) is 83.8 Å². The third-order valence-corrected chi connectivity index (χ3v) is 7.40. The van der Waals surface area contributed by atoms with Gasteiger partial charge in [-0.3, -0.25) is 4.79 Å². The highest BCUT2D eigenvalue weighted by Gasteiger charge is 2.17. The first-order chi connectivity index (χ1) is 20.0. The van der Waals surface area contributed by atoms with E-state index < -0.39 is 0 Å². The van der Waals surface area contributed by atoms with Gasteiger partial charge >= 0.3 is 0 Å². The summed E-state index contributed by atoms with van der Waals surface area (Å²) in [6, 6.07) is 19.9. The number of rotatable bonds is 15. The monoisotopic (exact) mass is 559 g/mol. The van der Waals surface area contributed by atoms with E-state index in [2.05, 4.69) is 54.1 Å². The fourth-order valence-electron chi connectivity index (χ4n) is 4.86. The van der Waals surface area contributed by atoms with Crippen molar-refractivity contribution in [2.75, 3.05) is 34.5 Å². The highest BCUT2D eigenvalue weighted by Crippen LogP contribution is 2.38. The summed E-state index contributed by atoms with van der Waals surface area (Å²) in [5.41, 5.74) is 3.83. The Morgan fingerprint density at radius 3 is 2.32 bits per heavy atom. The molecule has 0 fully saturated rings. The van der Waals surface area contributed by atoms with Gasteiger partial charge < -0.3 is 28.8 Å². The molecule has 1 atom stereocenters. The molecule has 1 amide bonds. The first-order valence-electron chi connectivity index (χ1n) is 14.2. The number of fused-ring (bicyclic) bond motifs is 1. The van der Waals surface area contributed by atoms with Crippen LogP contribution in [0.25, 0.3) is 11.0 Å². The molecule has 0 saturated heterocycles. The number of imidazole rings is 1. The number of amides is 1. The van der Waals surface area contributed by atoms with E-state index in [0.717, 1.165) is 48.4 Å². The Hall–Kier alpha value is -4.20. The van der Waals surface area contributed by atoms with E-state index in [1.54, 1.807) is 12.1 Å². The van der Waals surface area contributed by atoms with Crippen LogP contribution >= 0.6 is 0 Å². The molecule has 8 heteroatoms. The average molecular weight is 560 g/mol. The molecule has 8 nitrogen and oxygen atoms in total. The van der Waals surface area contributed by atoms with Crippen LogP contribution in [-0.4, -0.2) is 49.9 Å². The summed E-state index contributed by atoms with van der Waals surface area (Å²) >= 11 is 0. The van der Waals surface area contributed by atoms with E-state index in [-0.39, 0.29) is 5.91 Å². The number of hydrogen-bond donors (Lipinski definition) is 1. The number of nitrogens with one attached hydrogen (secondary N) is 1. The molecule has 0 aliphatic rings. The minimum Gasteiger partial charge on any atom is -0.494 e. The lowest BCUT2D eigenvalue weighted by Gasteiger charge is -2.14. The van der Waals surface area contributed by atoms with Crippen LogP contribution in [-0.2, 0) is 13.0 Å². The summed E-state index contributed by atoms with van der Waals surface area (Å²) < 4.78 is 24.4. The van der Waals surface area contributed by atoms with Crippen molar-refractivity contribution in [3.63, 3.8) is 0 Å². The summed E-state index contributed by atoms with van der Waals surface area (Å²) in [6.07, 6.45) is 3.61. The Bertz CT molecular complexity index is 1410. The highest BCUT2D eigenvalue weighted by molar-refractivity contribution is 5.95. The number of aromatic nitrogens is 2. The molecular weight excluding hydrogens is 518 g/mol. The third-order valence-electron chi connectivity index (χ3n) is 7.40. The van der Waals surface area contributed by atoms with Crippen LogP contribution in [0.2, 0.25) is 0 Å². The minimum absolute atomic E-state index is 0.221. The van der Waals surface area contributed by atoms with Crippen LogP contribution in [0.15, 0.2) is 60.7 Å². The summed E-state index contributed by atoms with van der Waals surface area (Å²) in [5, 5.41) is 3.00. The lowest BCUT2D eigenvalue weighted by molar-refractivity contribution is 0.0953. The van der Waals surface area contributed by atoms with E-state index in [1.165, 1.54) is 26.9 Å². The molecule has 218 valence electrons. The van der Waals surface area contributed by atoms with E-state index in [0.29, 0.717) is 48.3 Å². The number of methoxy groups -OCH3 is 3. The Balaban J connectivity index is 1.34. The molecule has 1 N–H and O–H groups in total. The number of carbonyl (C=O) groups excluding carboxylic acids is 1. The van der Waals surface area contributed by atoms with Crippen LogP contribution in [0.1, 0.15) is 60.8 Å². The third kappa shape index (κ3) is 7.31. The van der Waals surface area contributed by atoms with Gasteiger partial charge in [0.25, 0.3) is 5.91 Å². The maximum absolute atomic E-state index is 13.0. The van der Waals surface area contributed by atoms with Crippen molar-refractivity contribution >= 4 is 16.9 Å². The molecule has 0 aliphatic heterocycles. The molecule has 0 saturated carbocycles. The predicted octanol–water partition coefficient (Wildman–Crippen LogP) is 6.41. The lowest BCUT2D eigenvalue weighted by atomic mass is 9.99. The predicted molar refractivity (Wildman–Crippen MR) is 162 cm³/mol. The first-order valence-corrected chi connectivity index (χ1v) is 14.2. The zero-order valence-electron chi connectivity index (χ0n) is 24.7. The number of aryl methyl sites for hydroxylation is 1. The van der Waals surface area contributed by atoms with Crippen molar-refractivity contribution in [2.24, 2.45) is 0 Å². The van der Waals surface area contributed by atoms with Gasteiger partial charge in [0.05, 0.1) is 39.0 Å². The number of nitrogens with zero attached hydrogens (tertiary/aromatic N) is 2. The standard InChI is InChI=1S/C33H41N3O5/c1-6-23(2)24-13-15-26(16-14-24)41-20-10-9-19-36-28-12-8-7-11-27(28)35-31(36)17-18-34-33(37)25-21-29(38-3)32(40-5)30(22-25)39-4/h7-8,11-16,21-23H,6,9-10,17-20H2,1-5H3,(H,34,37). The molecule has 0 bridgehead atoms. The van der Waals surface area contributed by atoms with Crippen molar-refractivity contribution in [3.8, 4) is 23.0 Å². The van der Waals surface area contributed by atoms with E-state index in [1.807, 2.05) is 18.2 Å². The number of carbonyl (C=O) groups is 1. The van der Waals surface area contributed by atoms with Gasteiger partial charge in [0.15, 0.2) is 11.5 Å². The van der Waals surface area contributed by atoms with Gasteiger partial charge in [-0.1, -0.05) is 38.1 Å². The Morgan fingerprint density at radius 2 is 1.66 bits per heavy atom. The zero-order chi connectivity index (χ0) is 29.2. The quantitative estimate of drug-likeness (QED) is 0.170. The van der Waals surface area contributed by atoms with Gasteiger partial charge in [0.2, 0.25) is 5.75 Å². The molecule has 0 spiro atoms. The van der Waals surface area contributed by atoms with E-state index >= 15 is 0 Å². The second-order valence-corrected chi connectivity index (χ2v) is 10.0. The first kappa shape index (κ1) is 29.8. The van der Waals surface area contributed by atoms with E-state index in [9.17, 15) is 4.79 Å². The Kier molecular flexibility index (Phi) is 10.5. The number of benzene rings is 3. The second kappa shape index (κ2) is 14.4. The summed E-state index contributed by atoms with van der Waals surface area (Å²) in [5.74, 6) is 3.51. The van der Waals surface area contributed by atoms with Crippen molar-refractivity contribution in [3.05, 3.63) is 77.6 Å². The molecule has 41 heavy (non-hydrogen) atoms. The summed E-state index contributed by atoms with van der Waals surface area (Å²) in [6.45, 7) is 6.38. The van der Waals surface area contributed by atoms with Crippen LogP contribution in [0.4, 0.5) is 0 Å². The molecule has 1 heterocycles. The Morgan fingerprint density at radius 1 is 0.951 bits per heavy atom. The highest BCUT2D eigenvalue weighted by atomic mass is 16.5. The number of para-hydroxylation sites is 2. The van der Waals surface area contributed by atoms with Gasteiger partial charge in [0, 0.05) is 25.1 Å². The largest absolute Gasteiger partial charge is 0.494 e. The van der Waals surface area contributed by atoms with Gasteiger partial charge in [0.1, 0.15) is 11.6 Å². The molecule has 0 radical (unpaired) electrons. The SMILES string of the molecule is CCC(C)c1ccc(OCCCCn2c(CCNC(=O)c3cc(OC)c(OC)c(OC)c3)nc3ccccc32)cc1. The summed E-state index contributed by atoms with van der Waals surface area (Å²) in [7, 11) is 4.59. The maximum Gasteiger partial charge on any atom is 0.251 e. The number of unbranched alkanes of at least 4 members (excludes halogenated alkanes) is 1. The van der Waals surface area contributed by atoms with Gasteiger partial charge in [-0.25, -0.2) is 4.98 Å². The smallest absolute Gasteiger partial charge is 0.251 e. The molecule has 4 aromatic rings. The molecular formula is C33H41N3O5. The van der Waals surface area contributed by atoms with Crippen LogP contribution in [0, 0.1) is 0 Å². The molecule has 3 aromatic carbocycles. The van der Waals surface area contributed by atoms with Gasteiger partial charge in [-0.05, 0) is 67.1 Å². The average Bonchev–Trinajstić information content (AvgIpc) is 3.36. The normalized spacial score (nSPS) is 11.7. The maximum atomic E-state index is 13.0. The van der Waals surface area contributed by atoms with Crippen LogP contribution in [0.5, 0.6) is 23.0 Å². The van der Waals surface area contributed by atoms with Crippen molar-refractivity contribution < 1.29 is 23.7 Å². The fourth-order valence-corrected chi connectivity index (χ4v) is 4.86. The van der Waals surface area contributed by atoms with Crippen LogP contribution in [0.3, 0.4) is 0 Å². The molecule has 0 aliphatic carbocycles. The number of hydrogen-bond acceptors (Lipinski definition) is 6. The van der Waals surface area contributed by atoms with Crippen molar-refractivity contribution in [1.82, 2.24) is 14.9 Å². The number of ether oxygens (including phenoxy) is 4. The van der Waals surface area contributed by atoms with Gasteiger partial charge in [-0.15, -0.1) is 0 Å². The van der Waals surface area contributed by atoms with E-state index in [4.69, 9.17) is 23.9 Å². The second-order valence-electron chi connectivity index (χ2n) is 10.0. The van der Waals surface area contributed by atoms with Crippen molar-refractivity contribution in [1.29, 1.82) is 0 Å². The van der Waals surface area contributed by atoms with Crippen molar-refractivity contribution in [2.45, 2.75) is 52.0 Å². The van der Waals surface area contributed by atoms with Crippen LogP contribution < -0.4 is 24.3 Å². The molecule has 1 aromatic heterocycles. The molecule has 1 unspecified atom stereocenters. The molecule has 4 rings (SSSR count). The Labute approximate surface area is 242 Å². The zero-order valence-corrected chi connectivity index (χ0v) is 24.7. The van der Waals surface area contributed by atoms with Gasteiger partial charge in [-0.2, -0.15) is 0 Å². The summed E-state index contributed by atoms with van der Waals surface area (Å²) in [4.78, 5) is 17.8. The fraction of sp³-hybridized carbons (Fsp3) is 0.394. The lowest BCUT2D eigenvalue weighted by Crippen LogP contribution is -2.26.